The summed E-state index contributed by atoms with van der Waals surface area (Å²) >= 11 is 0. The summed E-state index contributed by atoms with van der Waals surface area (Å²) in [5, 5.41) is 6.25. The highest BCUT2D eigenvalue weighted by atomic mass is 32.2. The summed E-state index contributed by atoms with van der Waals surface area (Å²) in [4.78, 5) is 12.3. The van der Waals surface area contributed by atoms with Gasteiger partial charge in [0.1, 0.15) is 10.7 Å². The Kier molecular flexibility index (Phi) is 6.45. The molecule has 0 radical (unpaired) electrons. The fourth-order valence-corrected chi connectivity index (χ4v) is 5.36. The van der Waals surface area contributed by atoms with E-state index in [9.17, 15) is 30.8 Å². The van der Waals surface area contributed by atoms with Crippen molar-refractivity contribution in [3.63, 3.8) is 0 Å². The molecule has 1 saturated heterocycles. The van der Waals surface area contributed by atoms with Crippen LogP contribution in [0.2, 0.25) is 0 Å². The van der Waals surface area contributed by atoms with Crippen LogP contribution < -0.4 is 5.32 Å². The third-order valence-corrected chi connectivity index (χ3v) is 7.55. The minimum Gasteiger partial charge on any atom is -0.325 e. The molecule has 0 spiro atoms. The van der Waals surface area contributed by atoms with Crippen molar-refractivity contribution >= 4 is 21.6 Å². The highest BCUT2D eigenvalue weighted by molar-refractivity contribution is 7.89. The van der Waals surface area contributed by atoms with Gasteiger partial charge in [0, 0.05) is 31.4 Å². The quantitative estimate of drug-likeness (QED) is 0.540. The van der Waals surface area contributed by atoms with E-state index in [-0.39, 0.29) is 31.6 Å². The molecule has 180 valence electrons. The molecule has 3 aromatic rings. The van der Waals surface area contributed by atoms with E-state index in [1.807, 2.05) is 0 Å². The number of alkyl halides is 3. The number of benzene rings is 2. The number of rotatable bonds is 5. The van der Waals surface area contributed by atoms with Crippen molar-refractivity contribution in [2.24, 2.45) is 5.92 Å². The van der Waals surface area contributed by atoms with E-state index in [1.54, 1.807) is 6.07 Å². The normalized spacial score (nSPS) is 15.9. The molecule has 4 rings (SSSR count). The van der Waals surface area contributed by atoms with Crippen LogP contribution in [0.25, 0.3) is 5.69 Å². The zero-order valence-corrected chi connectivity index (χ0v) is 18.5. The minimum atomic E-state index is -4.72. The number of nitrogens with one attached hydrogen (secondary N) is 1. The molecule has 1 fully saturated rings. The molecule has 1 aromatic heterocycles. The number of aromatic nitrogens is 2. The first-order valence-electron chi connectivity index (χ1n) is 10.3. The van der Waals surface area contributed by atoms with Gasteiger partial charge in [-0.25, -0.2) is 17.5 Å². The second-order valence-electron chi connectivity index (χ2n) is 7.78. The number of piperidine rings is 1. The molecule has 1 aliphatic rings. The Morgan fingerprint density at radius 3 is 2.38 bits per heavy atom. The Balaban J connectivity index is 1.47. The van der Waals surface area contributed by atoms with Gasteiger partial charge < -0.3 is 5.32 Å². The van der Waals surface area contributed by atoms with E-state index in [2.05, 4.69) is 10.4 Å². The number of anilines is 1. The molecule has 1 aliphatic heterocycles. The van der Waals surface area contributed by atoms with Crippen molar-refractivity contribution in [1.29, 1.82) is 0 Å². The number of carbonyl (C=O) groups excluding carboxylic acids is 1. The van der Waals surface area contributed by atoms with E-state index in [0.29, 0.717) is 0 Å². The molecule has 1 amide bonds. The molecule has 0 aliphatic carbocycles. The molecule has 0 atom stereocenters. The molecular weight excluding hydrogens is 476 g/mol. The lowest BCUT2D eigenvalue weighted by Crippen LogP contribution is -2.41. The monoisotopic (exact) mass is 496 g/mol. The molecule has 34 heavy (non-hydrogen) atoms. The fraction of sp³-hybridized carbons (Fsp3) is 0.273. The largest absolute Gasteiger partial charge is 0.418 e. The van der Waals surface area contributed by atoms with Gasteiger partial charge in [0.05, 0.1) is 16.9 Å². The van der Waals surface area contributed by atoms with Crippen LogP contribution in [0.4, 0.5) is 23.2 Å². The average molecular weight is 496 g/mol. The van der Waals surface area contributed by atoms with Crippen molar-refractivity contribution in [3.05, 3.63) is 72.3 Å². The number of hydrogen-bond acceptors (Lipinski definition) is 4. The third kappa shape index (κ3) is 4.82. The number of sulfonamides is 1. The van der Waals surface area contributed by atoms with Gasteiger partial charge in [-0.15, -0.1) is 0 Å². The second-order valence-corrected chi connectivity index (χ2v) is 9.68. The summed E-state index contributed by atoms with van der Waals surface area (Å²) < 4.78 is 82.7. The number of amides is 1. The van der Waals surface area contributed by atoms with Crippen molar-refractivity contribution in [3.8, 4) is 5.69 Å². The van der Waals surface area contributed by atoms with Gasteiger partial charge in [-0.2, -0.15) is 22.6 Å². The molecule has 2 heterocycles. The van der Waals surface area contributed by atoms with Crippen molar-refractivity contribution in [1.82, 2.24) is 14.1 Å². The van der Waals surface area contributed by atoms with Crippen molar-refractivity contribution < 1.29 is 30.8 Å². The van der Waals surface area contributed by atoms with Gasteiger partial charge in [-0.1, -0.05) is 12.1 Å². The summed E-state index contributed by atoms with van der Waals surface area (Å²) in [6, 6.07) is 10.0. The average Bonchev–Trinajstić information content (AvgIpc) is 3.34. The van der Waals surface area contributed by atoms with Crippen LogP contribution in [0.15, 0.2) is 65.8 Å². The van der Waals surface area contributed by atoms with Gasteiger partial charge in [0.2, 0.25) is 15.9 Å². The zero-order chi connectivity index (χ0) is 24.5. The first kappa shape index (κ1) is 23.9. The lowest BCUT2D eigenvalue weighted by atomic mass is 9.97. The SMILES string of the molecule is O=C(Nc1ccc(-n2cccn2)cc1C(F)(F)F)C1CCN(S(=O)(=O)c2ccccc2F)CC1. The molecule has 0 saturated carbocycles. The van der Waals surface area contributed by atoms with Gasteiger partial charge in [0.25, 0.3) is 0 Å². The number of carbonyl (C=O) groups is 1. The Labute approximate surface area is 193 Å². The van der Waals surface area contributed by atoms with E-state index < -0.39 is 50.0 Å². The summed E-state index contributed by atoms with van der Waals surface area (Å²) in [6.45, 7) is -0.113. The van der Waals surface area contributed by atoms with Crippen LogP contribution in [-0.2, 0) is 21.0 Å². The van der Waals surface area contributed by atoms with E-state index in [1.165, 1.54) is 35.3 Å². The van der Waals surface area contributed by atoms with Crippen LogP contribution >= 0.6 is 0 Å². The maximum Gasteiger partial charge on any atom is 0.418 e. The van der Waals surface area contributed by atoms with Gasteiger partial charge >= 0.3 is 6.18 Å². The maximum atomic E-state index is 14.0. The summed E-state index contributed by atoms with van der Waals surface area (Å²) in [7, 11) is -4.08. The Bertz CT molecular complexity index is 1290. The topological polar surface area (TPSA) is 84.3 Å². The molecule has 7 nitrogen and oxygen atoms in total. The summed E-state index contributed by atoms with van der Waals surface area (Å²) in [6.07, 6.45) is -1.61. The van der Waals surface area contributed by atoms with Gasteiger partial charge in [-0.3, -0.25) is 4.79 Å². The maximum absolute atomic E-state index is 14.0. The predicted octanol–water partition coefficient (Wildman–Crippen LogP) is 4.07. The summed E-state index contributed by atoms with van der Waals surface area (Å²) in [5.41, 5.74) is -1.23. The van der Waals surface area contributed by atoms with Crippen LogP contribution in [0.3, 0.4) is 0 Å². The predicted molar refractivity (Wildman–Crippen MR) is 115 cm³/mol. The van der Waals surface area contributed by atoms with Gasteiger partial charge in [0.15, 0.2) is 0 Å². The third-order valence-electron chi connectivity index (χ3n) is 5.61. The van der Waals surface area contributed by atoms with Crippen LogP contribution in [0.5, 0.6) is 0 Å². The first-order valence-corrected chi connectivity index (χ1v) is 11.8. The van der Waals surface area contributed by atoms with E-state index in [0.717, 1.165) is 28.6 Å². The number of nitrogens with zero attached hydrogens (tertiary/aromatic N) is 3. The van der Waals surface area contributed by atoms with E-state index >= 15 is 0 Å². The number of hydrogen-bond donors (Lipinski definition) is 1. The van der Waals surface area contributed by atoms with Crippen LogP contribution in [0, 0.1) is 11.7 Å². The molecule has 2 aromatic carbocycles. The van der Waals surface area contributed by atoms with Crippen LogP contribution in [-0.4, -0.2) is 41.5 Å². The highest BCUT2D eigenvalue weighted by Crippen LogP contribution is 2.37. The molecule has 0 bridgehead atoms. The second kappa shape index (κ2) is 9.18. The molecule has 1 N–H and O–H groups in total. The molecule has 0 unspecified atom stereocenters. The fourth-order valence-electron chi connectivity index (χ4n) is 3.83. The number of halogens is 4. The Morgan fingerprint density at radius 2 is 1.76 bits per heavy atom. The summed E-state index contributed by atoms with van der Waals surface area (Å²) in [5.74, 6) is -2.21. The van der Waals surface area contributed by atoms with E-state index in [4.69, 9.17) is 0 Å². The zero-order valence-electron chi connectivity index (χ0n) is 17.7. The molecule has 12 heteroatoms. The Morgan fingerprint density at radius 1 is 1.06 bits per heavy atom. The van der Waals surface area contributed by atoms with Crippen LogP contribution in [0.1, 0.15) is 18.4 Å². The standard InChI is InChI=1S/C22H20F4N4O3S/c23-18-4-1-2-5-20(18)34(32,33)29-12-8-15(9-13-29)21(31)28-19-7-6-16(30-11-3-10-27-30)14-17(19)22(24,25)26/h1-7,10-11,14-15H,8-9,12-13H2,(H,28,31). The minimum absolute atomic E-state index is 0.0564. The smallest absolute Gasteiger partial charge is 0.325 e. The Hall–Kier alpha value is -3.25. The van der Waals surface area contributed by atoms with Gasteiger partial charge in [-0.05, 0) is 49.2 Å². The lowest BCUT2D eigenvalue weighted by Gasteiger charge is -2.30. The highest BCUT2D eigenvalue weighted by Gasteiger charge is 2.37. The van der Waals surface area contributed by atoms with Crippen molar-refractivity contribution in [2.75, 3.05) is 18.4 Å². The lowest BCUT2D eigenvalue weighted by molar-refractivity contribution is -0.137. The van der Waals surface area contributed by atoms with Crippen molar-refractivity contribution in [2.45, 2.75) is 23.9 Å². The first-order chi connectivity index (χ1) is 16.1. The molecular formula is C22H20F4N4O3S.